The lowest BCUT2D eigenvalue weighted by Crippen LogP contribution is -2.27. The van der Waals surface area contributed by atoms with Crippen LogP contribution in [0.15, 0.2) is 82.3 Å². The van der Waals surface area contributed by atoms with Crippen molar-refractivity contribution < 1.29 is 14.0 Å². The number of carbonyl (C=O) groups is 2. The Morgan fingerprint density at radius 3 is 2.45 bits per heavy atom. The van der Waals surface area contributed by atoms with E-state index in [9.17, 15) is 14.0 Å². The Hall–Kier alpha value is -3.16. The SMILES string of the molecule is Cc1ccc(N2C(=O)S/C(=C\c3cn(Cc4ccc(F)cc4)c4ccc(Br)cc34)C2=O)cc1. The number of amides is 2. The van der Waals surface area contributed by atoms with Crippen LogP contribution in [0.25, 0.3) is 17.0 Å². The molecular weight excluding hydrogens is 503 g/mol. The first kappa shape index (κ1) is 21.7. The summed E-state index contributed by atoms with van der Waals surface area (Å²) in [4.78, 5) is 27.3. The molecule has 0 radical (unpaired) electrons. The van der Waals surface area contributed by atoms with Gasteiger partial charge in [-0.2, -0.15) is 0 Å². The Labute approximate surface area is 202 Å². The van der Waals surface area contributed by atoms with Crippen molar-refractivity contribution in [2.45, 2.75) is 13.5 Å². The van der Waals surface area contributed by atoms with E-state index in [2.05, 4.69) is 20.5 Å². The number of carbonyl (C=O) groups excluding carboxylic acids is 2. The molecule has 0 aliphatic carbocycles. The van der Waals surface area contributed by atoms with Gasteiger partial charge in [0.25, 0.3) is 11.1 Å². The molecule has 1 fully saturated rings. The number of aryl methyl sites for hydroxylation is 1. The highest BCUT2D eigenvalue weighted by Crippen LogP contribution is 2.37. The molecule has 5 rings (SSSR count). The number of aromatic nitrogens is 1. The minimum absolute atomic E-state index is 0.273. The lowest BCUT2D eigenvalue weighted by atomic mass is 10.1. The summed E-state index contributed by atoms with van der Waals surface area (Å²) in [6.07, 6.45) is 3.73. The van der Waals surface area contributed by atoms with Crippen LogP contribution in [0.2, 0.25) is 0 Å². The second-order valence-corrected chi connectivity index (χ2v) is 9.76. The van der Waals surface area contributed by atoms with Gasteiger partial charge in [0, 0.05) is 33.7 Å². The lowest BCUT2D eigenvalue weighted by molar-refractivity contribution is -0.113. The average Bonchev–Trinajstić information content (AvgIpc) is 3.26. The van der Waals surface area contributed by atoms with Crippen LogP contribution in [0.3, 0.4) is 0 Å². The van der Waals surface area contributed by atoms with Crippen molar-refractivity contribution in [1.82, 2.24) is 4.57 Å². The molecule has 2 heterocycles. The number of benzene rings is 3. The number of hydrogen-bond donors (Lipinski definition) is 0. The number of rotatable bonds is 4. The smallest absolute Gasteiger partial charge is 0.298 e. The number of halogens is 2. The van der Waals surface area contributed by atoms with E-state index in [4.69, 9.17) is 0 Å². The fourth-order valence-electron chi connectivity index (χ4n) is 3.85. The lowest BCUT2D eigenvalue weighted by Gasteiger charge is -2.12. The molecular formula is C26H18BrFN2O2S. The van der Waals surface area contributed by atoms with Crippen LogP contribution >= 0.6 is 27.7 Å². The summed E-state index contributed by atoms with van der Waals surface area (Å²) in [5.74, 6) is -0.603. The number of imide groups is 1. The van der Waals surface area contributed by atoms with Crippen LogP contribution in [-0.2, 0) is 11.3 Å². The van der Waals surface area contributed by atoms with Crippen molar-refractivity contribution in [2.24, 2.45) is 0 Å². The fraction of sp³-hybridized carbons (Fsp3) is 0.0769. The number of anilines is 1. The first-order valence-electron chi connectivity index (χ1n) is 10.3. The van der Waals surface area contributed by atoms with E-state index in [1.165, 1.54) is 17.0 Å². The predicted octanol–water partition coefficient (Wildman–Crippen LogP) is 7.14. The van der Waals surface area contributed by atoms with Crippen LogP contribution in [0.1, 0.15) is 16.7 Å². The number of nitrogens with zero attached hydrogens (tertiary/aromatic N) is 2. The van der Waals surface area contributed by atoms with Gasteiger partial charge in [-0.1, -0.05) is 45.8 Å². The van der Waals surface area contributed by atoms with Crippen molar-refractivity contribution in [2.75, 3.05) is 4.90 Å². The van der Waals surface area contributed by atoms with Crippen molar-refractivity contribution in [3.63, 3.8) is 0 Å². The highest BCUT2D eigenvalue weighted by molar-refractivity contribution is 9.10. The van der Waals surface area contributed by atoms with Crippen molar-refractivity contribution >= 4 is 61.5 Å². The largest absolute Gasteiger partial charge is 0.342 e. The third-order valence-electron chi connectivity index (χ3n) is 5.51. The maximum absolute atomic E-state index is 13.3. The molecule has 1 saturated heterocycles. The van der Waals surface area contributed by atoms with Crippen LogP contribution in [0.5, 0.6) is 0 Å². The Balaban J connectivity index is 1.53. The van der Waals surface area contributed by atoms with Gasteiger partial charge < -0.3 is 4.57 Å². The quantitative estimate of drug-likeness (QED) is 0.268. The zero-order valence-electron chi connectivity index (χ0n) is 17.6. The van der Waals surface area contributed by atoms with Crippen LogP contribution in [-0.4, -0.2) is 15.7 Å². The van der Waals surface area contributed by atoms with Crippen LogP contribution in [0.4, 0.5) is 14.9 Å². The molecule has 1 aliphatic rings. The maximum Gasteiger partial charge on any atom is 0.298 e. The zero-order valence-corrected chi connectivity index (χ0v) is 20.0. The van der Waals surface area contributed by atoms with Gasteiger partial charge in [0.1, 0.15) is 5.82 Å². The van der Waals surface area contributed by atoms with E-state index in [1.807, 2.05) is 43.5 Å². The van der Waals surface area contributed by atoms with Gasteiger partial charge in [0.15, 0.2) is 0 Å². The molecule has 7 heteroatoms. The van der Waals surface area contributed by atoms with Gasteiger partial charge >= 0.3 is 0 Å². The number of hydrogen-bond acceptors (Lipinski definition) is 3. The third kappa shape index (κ3) is 4.26. The van der Waals surface area contributed by atoms with Gasteiger partial charge in [-0.25, -0.2) is 9.29 Å². The zero-order chi connectivity index (χ0) is 23.1. The molecule has 33 heavy (non-hydrogen) atoms. The van der Waals surface area contributed by atoms with Crippen molar-refractivity contribution in [3.8, 4) is 0 Å². The molecule has 4 nitrogen and oxygen atoms in total. The summed E-state index contributed by atoms with van der Waals surface area (Å²) in [5, 5.41) is 0.639. The Morgan fingerprint density at radius 2 is 1.73 bits per heavy atom. The van der Waals surface area contributed by atoms with E-state index < -0.39 is 0 Å². The fourth-order valence-corrected chi connectivity index (χ4v) is 5.05. The van der Waals surface area contributed by atoms with E-state index >= 15 is 0 Å². The van der Waals surface area contributed by atoms with Gasteiger partial charge in [0.2, 0.25) is 0 Å². The molecule has 1 aliphatic heterocycles. The van der Waals surface area contributed by atoms with Crippen LogP contribution < -0.4 is 4.90 Å². The Bertz CT molecular complexity index is 1430. The predicted molar refractivity (Wildman–Crippen MR) is 135 cm³/mol. The third-order valence-corrected chi connectivity index (χ3v) is 6.88. The molecule has 0 bridgehead atoms. The molecule has 4 aromatic rings. The molecule has 2 amide bonds. The van der Waals surface area contributed by atoms with Gasteiger partial charge in [-0.3, -0.25) is 9.59 Å². The first-order chi connectivity index (χ1) is 15.9. The van der Waals surface area contributed by atoms with E-state index in [0.717, 1.165) is 43.8 Å². The average molecular weight is 521 g/mol. The second-order valence-electron chi connectivity index (χ2n) is 7.85. The maximum atomic E-state index is 13.3. The minimum atomic E-state index is -0.330. The standard InChI is InChI=1S/C26H18BrFN2O2S/c1-16-2-9-21(10-3-16)30-25(31)24(33-26(30)32)12-18-15-29(14-17-4-7-20(28)8-5-17)23-11-6-19(27)13-22(18)23/h2-13,15H,14H2,1H3/b24-12-. The molecule has 0 atom stereocenters. The molecule has 3 aromatic carbocycles. The van der Waals surface area contributed by atoms with E-state index in [-0.39, 0.29) is 17.0 Å². The second kappa shape index (κ2) is 8.65. The molecule has 0 unspecified atom stereocenters. The topological polar surface area (TPSA) is 42.3 Å². The molecule has 1 aromatic heterocycles. The van der Waals surface area contributed by atoms with Gasteiger partial charge in [-0.15, -0.1) is 0 Å². The molecule has 164 valence electrons. The first-order valence-corrected chi connectivity index (χ1v) is 11.9. The van der Waals surface area contributed by atoms with Gasteiger partial charge in [0.05, 0.1) is 10.6 Å². The van der Waals surface area contributed by atoms with Gasteiger partial charge in [-0.05, 0) is 72.8 Å². The summed E-state index contributed by atoms with van der Waals surface area (Å²) in [6.45, 7) is 2.51. The molecule has 0 saturated carbocycles. The summed E-state index contributed by atoms with van der Waals surface area (Å²) in [6, 6.07) is 19.7. The summed E-state index contributed by atoms with van der Waals surface area (Å²) < 4.78 is 16.3. The Kier molecular flexibility index (Phi) is 5.68. The summed E-state index contributed by atoms with van der Waals surface area (Å²) in [5.41, 5.74) is 4.39. The van der Waals surface area contributed by atoms with Crippen LogP contribution in [0, 0.1) is 12.7 Å². The minimum Gasteiger partial charge on any atom is -0.342 e. The van der Waals surface area contributed by atoms with Crippen molar-refractivity contribution in [1.29, 1.82) is 0 Å². The number of thioether (sulfide) groups is 1. The van der Waals surface area contributed by atoms with Crippen molar-refractivity contribution in [3.05, 3.63) is 105 Å². The molecule has 0 N–H and O–H groups in total. The summed E-state index contributed by atoms with van der Waals surface area (Å²) in [7, 11) is 0. The van der Waals surface area contributed by atoms with E-state index in [1.54, 1.807) is 30.3 Å². The highest BCUT2D eigenvalue weighted by atomic mass is 79.9. The normalized spacial score (nSPS) is 15.2. The summed E-state index contributed by atoms with van der Waals surface area (Å²) >= 11 is 4.46. The monoisotopic (exact) mass is 520 g/mol. The highest BCUT2D eigenvalue weighted by Gasteiger charge is 2.36. The van der Waals surface area contributed by atoms with E-state index in [0.29, 0.717) is 17.1 Å². The Morgan fingerprint density at radius 1 is 1.00 bits per heavy atom. The number of fused-ring (bicyclic) bond motifs is 1. The molecule has 0 spiro atoms.